The molecule has 4 heterocycles. The molecule has 0 aliphatic carbocycles. The van der Waals surface area contributed by atoms with Gasteiger partial charge in [-0.25, -0.2) is 0 Å². The first-order valence-electron chi connectivity index (χ1n) is 18.9. The summed E-state index contributed by atoms with van der Waals surface area (Å²) in [4.78, 5) is 31.7. The molecule has 1 N–H and O–H groups in total. The molecule has 1 unspecified atom stereocenters. The predicted molar refractivity (Wildman–Crippen MR) is 204 cm³/mol. The van der Waals surface area contributed by atoms with E-state index in [1.54, 1.807) is 29.8 Å². The molecule has 53 heavy (non-hydrogen) atoms. The molecule has 12 heteroatoms. The zero-order chi connectivity index (χ0) is 37.3. The molecule has 280 valence electrons. The second-order valence-electron chi connectivity index (χ2n) is 15.3. The van der Waals surface area contributed by atoms with E-state index in [-0.39, 0.29) is 30.9 Å². The number of fused-ring (bicyclic) bond motifs is 2. The SMILES string of the molecule is COc1ccc2c(c1)[C@]1(O[C@@H](CCn3cc(C(CO)c4ccccc4)nn3)[C@H]([Si](C)(C)F)[C@H]1C)C(=O)N2Cc1cccc(N2CCCCCCC2=O)c1. The van der Waals surface area contributed by atoms with Crippen molar-refractivity contribution in [3.63, 3.8) is 0 Å². The summed E-state index contributed by atoms with van der Waals surface area (Å²) < 4.78 is 30.9. The van der Waals surface area contributed by atoms with Gasteiger partial charge in [-0.2, -0.15) is 0 Å². The zero-order valence-electron chi connectivity index (χ0n) is 31.1. The Bertz CT molecular complexity index is 1930. The van der Waals surface area contributed by atoms with Crippen molar-refractivity contribution in [2.24, 2.45) is 5.92 Å². The fourth-order valence-electron chi connectivity index (χ4n) is 8.91. The van der Waals surface area contributed by atoms with Crippen molar-refractivity contribution in [3.05, 3.63) is 101 Å². The van der Waals surface area contributed by atoms with Gasteiger partial charge >= 0.3 is 0 Å². The number of carbonyl (C=O) groups excluding carboxylic acids is 2. The van der Waals surface area contributed by atoms with Gasteiger partial charge < -0.3 is 28.5 Å². The Morgan fingerprint density at radius 3 is 2.58 bits per heavy atom. The van der Waals surface area contributed by atoms with E-state index < -0.39 is 31.6 Å². The molecule has 0 radical (unpaired) electrons. The van der Waals surface area contributed by atoms with Gasteiger partial charge in [-0.05, 0) is 73.8 Å². The van der Waals surface area contributed by atoms with Crippen LogP contribution >= 0.6 is 0 Å². The molecule has 3 aliphatic heterocycles. The van der Waals surface area contributed by atoms with Gasteiger partial charge in [0.25, 0.3) is 5.91 Å². The maximum absolute atomic E-state index is 16.5. The van der Waals surface area contributed by atoms with Crippen molar-refractivity contribution in [1.29, 1.82) is 0 Å². The summed E-state index contributed by atoms with van der Waals surface area (Å²) in [6.45, 7) is 6.59. The highest BCUT2D eigenvalue weighted by molar-refractivity contribution is 6.72. The third-order valence-electron chi connectivity index (χ3n) is 11.5. The maximum atomic E-state index is 16.5. The average molecular weight is 740 g/mol. The first-order valence-corrected chi connectivity index (χ1v) is 21.8. The summed E-state index contributed by atoms with van der Waals surface area (Å²) in [7, 11) is -1.81. The molecule has 7 rings (SSSR count). The van der Waals surface area contributed by atoms with Crippen LogP contribution in [0.5, 0.6) is 5.75 Å². The molecule has 0 bridgehead atoms. The van der Waals surface area contributed by atoms with Crippen LogP contribution in [0.4, 0.5) is 15.5 Å². The normalized spacial score (nSPS) is 24.0. The number of aryl methyl sites for hydroxylation is 1. The zero-order valence-corrected chi connectivity index (χ0v) is 32.1. The van der Waals surface area contributed by atoms with Crippen LogP contribution in [0.3, 0.4) is 0 Å². The molecule has 0 saturated carbocycles. The highest BCUT2D eigenvalue weighted by atomic mass is 28.4. The number of aromatic nitrogens is 3. The number of benzene rings is 3. The quantitative estimate of drug-likeness (QED) is 0.129. The minimum atomic E-state index is -3.40. The standard InChI is InChI=1S/C41H50FN5O5Si/c1-28-39(53(3,4)42)37(20-22-45-26-35(43-44-45)33(27-48)30-14-8-7-9-15-30)52-41(28)34-24-32(51-2)18-19-36(34)47(40(41)50)25-29-13-12-16-31(23-29)46-21-11-6-5-10-17-38(46)49/h7-9,12-16,18-19,23-24,26,28,33,37,39,48H,5-6,10-11,17,20-22,25,27H2,1-4H3/t28-,33?,37+,39-,41+/m1/s1. The molecule has 2 fully saturated rings. The number of aliphatic hydroxyl groups is 1. The molecule has 1 aromatic heterocycles. The average Bonchev–Trinajstić information content (AvgIpc) is 3.80. The molecule has 2 saturated heterocycles. The van der Waals surface area contributed by atoms with Crippen molar-refractivity contribution in [2.45, 2.75) is 94.8 Å². The third kappa shape index (κ3) is 7.04. The second kappa shape index (κ2) is 15.2. The van der Waals surface area contributed by atoms with Gasteiger partial charge in [0.15, 0.2) is 5.60 Å². The number of hydrogen-bond donors (Lipinski definition) is 1. The van der Waals surface area contributed by atoms with Crippen LogP contribution in [0.2, 0.25) is 18.6 Å². The summed E-state index contributed by atoms with van der Waals surface area (Å²) >= 11 is 0. The smallest absolute Gasteiger partial charge is 0.264 e. The fourth-order valence-corrected chi connectivity index (χ4v) is 11.5. The van der Waals surface area contributed by atoms with Gasteiger partial charge in [-0.15, -0.1) is 5.10 Å². The van der Waals surface area contributed by atoms with E-state index in [1.165, 1.54) is 0 Å². The highest BCUT2D eigenvalue weighted by Crippen LogP contribution is 2.60. The Kier molecular flexibility index (Phi) is 10.6. The van der Waals surface area contributed by atoms with E-state index >= 15 is 4.11 Å². The number of aliphatic hydroxyl groups excluding tert-OH is 1. The Balaban J connectivity index is 1.18. The number of halogens is 1. The van der Waals surface area contributed by atoms with Crippen molar-refractivity contribution in [2.75, 3.05) is 30.1 Å². The van der Waals surface area contributed by atoms with Crippen molar-refractivity contribution >= 4 is 31.6 Å². The van der Waals surface area contributed by atoms with Crippen LogP contribution in [-0.2, 0) is 33.0 Å². The number of rotatable bonds is 11. The maximum Gasteiger partial charge on any atom is 0.264 e. The van der Waals surface area contributed by atoms with Crippen LogP contribution in [0.1, 0.15) is 73.8 Å². The lowest BCUT2D eigenvalue weighted by molar-refractivity contribution is -0.146. The van der Waals surface area contributed by atoms with Gasteiger partial charge in [0.05, 0.1) is 43.7 Å². The van der Waals surface area contributed by atoms with Crippen LogP contribution in [0.15, 0.2) is 79.0 Å². The molecule has 4 aromatic rings. The lowest BCUT2D eigenvalue weighted by Gasteiger charge is -2.31. The van der Waals surface area contributed by atoms with Crippen LogP contribution in [0.25, 0.3) is 0 Å². The molecule has 10 nitrogen and oxygen atoms in total. The van der Waals surface area contributed by atoms with Crippen molar-refractivity contribution in [3.8, 4) is 5.75 Å². The molecule has 1 spiro atoms. The van der Waals surface area contributed by atoms with Crippen molar-refractivity contribution < 1.29 is 28.3 Å². The monoisotopic (exact) mass is 739 g/mol. The third-order valence-corrected chi connectivity index (χ3v) is 14.0. The molecule has 2 amide bonds. The lowest BCUT2D eigenvalue weighted by Crippen LogP contribution is -2.45. The first kappa shape index (κ1) is 36.9. The van der Waals surface area contributed by atoms with Gasteiger partial charge in [-0.1, -0.05) is 67.4 Å². The summed E-state index contributed by atoms with van der Waals surface area (Å²) in [6.07, 6.45) is 6.26. The Labute approximate surface area is 312 Å². The van der Waals surface area contributed by atoms with E-state index in [2.05, 4.69) is 10.3 Å². The van der Waals surface area contributed by atoms with E-state index in [4.69, 9.17) is 9.47 Å². The Morgan fingerprint density at radius 2 is 1.83 bits per heavy atom. The highest BCUT2D eigenvalue weighted by Gasteiger charge is 2.66. The van der Waals surface area contributed by atoms with E-state index in [0.29, 0.717) is 48.6 Å². The summed E-state index contributed by atoms with van der Waals surface area (Å²) in [5.74, 6) is -0.274. The second-order valence-corrected chi connectivity index (χ2v) is 19.1. The number of carbonyl (C=O) groups is 2. The van der Waals surface area contributed by atoms with Gasteiger partial charge in [0, 0.05) is 48.4 Å². The number of methoxy groups -OCH3 is 1. The summed E-state index contributed by atoms with van der Waals surface area (Å²) in [5, 5.41) is 18.9. The number of nitrogens with zero attached hydrogens (tertiary/aromatic N) is 5. The minimum absolute atomic E-state index is 0.111. The lowest BCUT2D eigenvalue weighted by atomic mass is 9.82. The number of ether oxygens (including phenoxy) is 2. The van der Waals surface area contributed by atoms with Crippen LogP contribution in [-0.4, -0.2) is 66.7 Å². The van der Waals surface area contributed by atoms with E-state index in [1.807, 2.05) is 90.8 Å². The van der Waals surface area contributed by atoms with Gasteiger partial charge in [-0.3, -0.25) is 14.3 Å². The Hall–Kier alpha value is -4.39. The topological polar surface area (TPSA) is 110 Å². The van der Waals surface area contributed by atoms with Crippen LogP contribution in [0, 0.1) is 5.92 Å². The van der Waals surface area contributed by atoms with Crippen LogP contribution < -0.4 is 14.5 Å². The predicted octanol–water partition coefficient (Wildman–Crippen LogP) is 7.12. The number of amides is 2. The van der Waals surface area contributed by atoms with E-state index in [9.17, 15) is 14.7 Å². The minimum Gasteiger partial charge on any atom is -0.497 e. The summed E-state index contributed by atoms with van der Waals surface area (Å²) in [6, 6.07) is 23.2. The molecular formula is C41H50FN5O5Si. The van der Waals surface area contributed by atoms with Gasteiger partial charge in [0.2, 0.25) is 14.3 Å². The number of anilines is 2. The largest absolute Gasteiger partial charge is 0.497 e. The summed E-state index contributed by atoms with van der Waals surface area (Å²) in [5.41, 5.74) is 2.83. The van der Waals surface area contributed by atoms with E-state index in [0.717, 1.165) is 42.5 Å². The first-order chi connectivity index (χ1) is 25.5. The molecule has 3 aromatic carbocycles. The fraction of sp³-hybridized carbons (Fsp3) is 0.463. The molecule has 5 atom stereocenters. The van der Waals surface area contributed by atoms with Crippen molar-refractivity contribution in [1.82, 2.24) is 15.0 Å². The van der Waals surface area contributed by atoms with Gasteiger partial charge in [0.1, 0.15) is 5.75 Å². The molecule has 3 aliphatic rings. The molecular weight excluding hydrogens is 690 g/mol. The number of hydrogen-bond acceptors (Lipinski definition) is 7. The Morgan fingerprint density at radius 1 is 1.04 bits per heavy atom.